The molecule has 0 aromatic heterocycles. The molecule has 4 nitrogen and oxygen atoms in total. The van der Waals surface area contributed by atoms with Gasteiger partial charge in [0.2, 0.25) is 0 Å². The van der Waals surface area contributed by atoms with Crippen LogP contribution in [-0.4, -0.2) is 36.8 Å². The van der Waals surface area contributed by atoms with Gasteiger partial charge in [-0.25, -0.2) is 4.79 Å². The lowest BCUT2D eigenvalue weighted by atomic mass is 10.1. The average molecular weight is 209 g/mol. The molecule has 0 heterocycles. The normalized spacial score (nSPS) is 9.73. The zero-order valence-corrected chi connectivity index (χ0v) is 8.93. The van der Waals surface area contributed by atoms with Crippen molar-refractivity contribution in [1.82, 2.24) is 4.90 Å². The number of hydrogen-bond acceptors (Lipinski definition) is 2. The first-order chi connectivity index (χ1) is 7.15. The van der Waals surface area contributed by atoms with Crippen LogP contribution in [0.2, 0.25) is 0 Å². The molecule has 1 amide bonds. The molecule has 0 aliphatic heterocycles. The fourth-order valence-corrected chi connectivity index (χ4v) is 1.29. The summed E-state index contributed by atoms with van der Waals surface area (Å²) in [6.45, 7) is 0.468. The largest absolute Gasteiger partial charge is 0.496 e. The summed E-state index contributed by atoms with van der Waals surface area (Å²) < 4.78 is 5.17. The van der Waals surface area contributed by atoms with E-state index in [1.165, 1.54) is 4.90 Å². The van der Waals surface area contributed by atoms with Crippen molar-refractivity contribution in [2.45, 2.75) is 6.42 Å². The van der Waals surface area contributed by atoms with Gasteiger partial charge >= 0.3 is 6.09 Å². The second-order valence-electron chi connectivity index (χ2n) is 3.27. The minimum atomic E-state index is -0.912. The van der Waals surface area contributed by atoms with Crippen LogP contribution in [0.25, 0.3) is 0 Å². The van der Waals surface area contributed by atoms with Crippen LogP contribution in [-0.2, 0) is 6.42 Å². The SMILES string of the molecule is COc1ccccc1CCN(C)C(=O)O. The second kappa shape index (κ2) is 5.24. The number of ether oxygens (including phenoxy) is 1. The van der Waals surface area contributed by atoms with E-state index in [0.717, 1.165) is 11.3 Å². The third-order valence-corrected chi connectivity index (χ3v) is 2.24. The van der Waals surface area contributed by atoms with Gasteiger partial charge < -0.3 is 14.7 Å². The highest BCUT2D eigenvalue weighted by Crippen LogP contribution is 2.17. The van der Waals surface area contributed by atoms with E-state index in [1.54, 1.807) is 14.2 Å². The van der Waals surface area contributed by atoms with Crippen molar-refractivity contribution in [2.75, 3.05) is 20.7 Å². The highest BCUT2D eigenvalue weighted by atomic mass is 16.5. The minimum Gasteiger partial charge on any atom is -0.496 e. The predicted octanol–water partition coefficient (Wildman–Crippen LogP) is 1.85. The van der Waals surface area contributed by atoms with Gasteiger partial charge in [0.1, 0.15) is 5.75 Å². The fourth-order valence-electron chi connectivity index (χ4n) is 1.29. The standard InChI is InChI=1S/C11H15NO3/c1-12(11(13)14)8-7-9-5-3-4-6-10(9)15-2/h3-6H,7-8H2,1-2H3,(H,13,14). The molecule has 0 fully saturated rings. The molecule has 1 aromatic carbocycles. The van der Waals surface area contributed by atoms with Crippen LogP contribution < -0.4 is 4.74 Å². The maximum atomic E-state index is 10.6. The molecule has 0 unspecified atom stereocenters. The van der Waals surface area contributed by atoms with Crippen LogP contribution in [0.4, 0.5) is 4.79 Å². The van der Waals surface area contributed by atoms with Crippen molar-refractivity contribution < 1.29 is 14.6 Å². The molecule has 0 spiro atoms. The average Bonchev–Trinajstić information content (AvgIpc) is 2.26. The maximum Gasteiger partial charge on any atom is 0.407 e. The van der Waals surface area contributed by atoms with E-state index in [1.807, 2.05) is 24.3 Å². The number of likely N-dealkylation sites (N-methyl/N-ethyl adjacent to an activating group) is 1. The summed E-state index contributed by atoms with van der Waals surface area (Å²) in [6.07, 6.45) is -0.253. The Morgan fingerprint density at radius 3 is 2.73 bits per heavy atom. The molecule has 1 rings (SSSR count). The summed E-state index contributed by atoms with van der Waals surface area (Å²) in [5, 5.41) is 8.68. The molecule has 0 aliphatic carbocycles. The van der Waals surface area contributed by atoms with Crippen molar-refractivity contribution in [3.05, 3.63) is 29.8 Å². The number of nitrogens with zero attached hydrogens (tertiary/aromatic N) is 1. The summed E-state index contributed by atoms with van der Waals surface area (Å²) in [5.41, 5.74) is 1.02. The van der Waals surface area contributed by atoms with Crippen molar-refractivity contribution in [3.63, 3.8) is 0 Å². The molecule has 15 heavy (non-hydrogen) atoms. The highest BCUT2D eigenvalue weighted by molar-refractivity contribution is 5.64. The summed E-state index contributed by atoms with van der Waals surface area (Å²) in [5.74, 6) is 0.802. The number of amides is 1. The Labute approximate surface area is 89.1 Å². The minimum absolute atomic E-state index is 0.468. The van der Waals surface area contributed by atoms with Gasteiger partial charge in [0, 0.05) is 13.6 Å². The quantitative estimate of drug-likeness (QED) is 0.823. The van der Waals surface area contributed by atoms with E-state index in [9.17, 15) is 4.79 Å². The number of methoxy groups -OCH3 is 1. The van der Waals surface area contributed by atoms with Gasteiger partial charge in [0.25, 0.3) is 0 Å². The van der Waals surface area contributed by atoms with E-state index < -0.39 is 6.09 Å². The molecule has 0 radical (unpaired) electrons. The van der Waals surface area contributed by atoms with Gasteiger partial charge in [-0.05, 0) is 18.1 Å². The van der Waals surface area contributed by atoms with Gasteiger partial charge in [-0.15, -0.1) is 0 Å². The third kappa shape index (κ3) is 3.16. The third-order valence-electron chi connectivity index (χ3n) is 2.24. The van der Waals surface area contributed by atoms with Gasteiger partial charge in [-0.2, -0.15) is 0 Å². The topological polar surface area (TPSA) is 49.8 Å². The van der Waals surface area contributed by atoms with Crippen LogP contribution in [0.3, 0.4) is 0 Å². The molecule has 1 aromatic rings. The molecule has 0 saturated carbocycles. The van der Waals surface area contributed by atoms with Crippen LogP contribution in [0.1, 0.15) is 5.56 Å². The molecular formula is C11H15NO3. The smallest absolute Gasteiger partial charge is 0.407 e. The lowest BCUT2D eigenvalue weighted by Gasteiger charge is -2.14. The number of rotatable bonds is 4. The molecule has 0 saturated heterocycles. The Bertz CT molecular complexity index is 338. The van der Waals surface area contributed by atoms with E-state index >= 15 is 0 Å². The zero-order chi connectivity index (χ0) is 11.3. The molecule has 0 bridgehead atoms. The van der Waals surface area contributed by atoms with Gasteiger partial charge in [-0.1, -0.05) is 18.2 Å². The Kier molecular flexibility index (Phi) is 3.97. The molecule has 1 N–H and O–H groups in total. The van der Waals surface area contributed by atoms with Crippen LogP contribution >= 0.6 is 0 Å². The maximum absolute atomic E-state index is 10.6. The van der Waals surface area contributed by atoms with Crippen molar-refractivity contribution in [3.8, 4) is 5.75 Å². The number of benzene rings is 1. The number of carbonyl (C=O) groups is 1. The Morgan fingerprint density at radius 1 is 1.47 bits per heavy atom. The zero-order valence-electron chi connectivity index (χ0n) is 8.93. The summed E-state index contributed by atoms with van der Waals surface area (Å²) in [4.78, 5) is 11.8. The first-order valence-electron chi connectivity index (χ1n) is 4.71. The lowest BCUT2D eigenvalue weighted by molar-refractivity contribution is 0.156. The number of carboxylic acid groups (broad SMARTS) is 1. The van der Waals surface area contributed by atoms with Crippen LogP contribution in [0.5, 0.6) is 5.75 Å². The first kappa shape index (κ1) is 11.4. The molecular weight excluding hydrogens is 194 g/mol. The molecule has 0 aliphatic rings. The Balaban J connectivity index is 2.60. The van der Waals surface area contributed by atoms with Crippen molar-refractivity contribution in [2.24, 2.45) is 0 Å². The Hall–Kier alpha value is -1.71. The number of para-hydroxylation sites is 1. The van der Waals surface area contributed by atoms with Crippen LogP contribution in [0.15, 0.2) is 24.3 Å². The Morgan fingerprint density at radius 2 is 2.13 bits per heavy atom. The summed E-state index contributed by atoms with van der Waals surface area (Å²) in [6, 6.07) is 7.62. The summed E-state index contributed by atoms with van der Waals surface area (Å²) in [7, 11) is 3.16. The van der Waals surface area contributed by atoms with E-state index in [2.05, 4.69) is 0 Å². The monoisotopic (exact) mass is 209 g/mol. The van der Waals surface area contributed by atoms with E-state index in [4.69, 9.17) is 9.84 Å². The molecule has 4 heteroatoms. The lowest BCUT2D eigenvalue weighted by Crippen LogP contribution is -2.26. The molecule has 82 valence electrons. The summed E-state index contributed by atoms with van der Waals surface area (Å²) >= 11 is 0. The fraction of sp³-hybridized carbons (Fsp3) is 0.364. The van der Waals surface area contributed by atoms with E-state index in [-0.39, 0.29) is 0 Å². The van der Waals surface area contributed by atoms with Crippen LogP contribution in [0, 0.1) is 0 Å². The van der Waals surface area contributed by atoms with Gasteiger partial charge in [-0.3, -0.25) is 0 Å². The van der Waals surface area contributed by atoms with E-state index in [0.29, 0.717) is 13.0 Å². The molecule has 0 atom stereocenters. The van der Waals surface area contributed by atoms with Gasteiger partial charge in [0.15, 0.2) is 0 Å². The van der Waals surface area contributed by atoms with Crippen molar-refractivity contribution >= 4 is 6.09 Å². The number of hydrogen-bond donors (Lipinski definition) is 1. The predicted molar refractivity (Wildman–Crippen MR) is 57.4 cm³/mol. The second-order valence-corrected chi connectivity index (χ2v) is 3.27. The highest BCUT2D eigenvalue weighted by Gasteiger charge is 2.07. The van der Waals surface area contributed by atoms with Crippen molar-refractivity contribution in [1.29, 1.82) is 0 Å². The van der Waals surface area contributed by atoms with Gasteiger partial charge in [0.05, 0.1) is 7.11 Å². The first-order valence-corrected chi connectivity index (χ1v) is 4.71.